The van der Waals surface area contributed by atoms with Gasteiger partial charge in [-0.3, -0.25) is 4.79 Å². The third kappa shape index (κ3) is 2.83. The summed E-state index contributed by atoms with van der Waals surface area (Å²) in [5, 5.41) is 4.05. The summed E-state index contributed by atoms with van der Waals surface area (Å²) in [7, 11) is 1.63. The summed E-state index contributed by atoms with van der Waals surface area (Å²) < 4.78 is 6.21. The summed E-state index contributed by atoms with van der Waals surface area (Å²) in [6.45, 7) is 0. The Kier molecular flexibility index (Phi) is 4.01. The normalized spacial score (nSPS) is 16.0. The maximum Gasteiger partial charge on any atom is 0.263 e. The molecule has 1 amide bonds. The Balaban J connectivity index is 1.85. The SMILES string of the molecule is COc1ccc2c(N)c(C(=O)NC3CCCCC3)sc2c1. The first-order valence-electron chi connectivity index (χ1n) is 7.36. The van der Waals surface area contributed by atoms with Gasteiger partial charge in [-0.05, 0) is 31.0 Å². The molecule has 3 rings (SSSR count). The van der Waals surface area contributed by atoms with Crippen LogP contribution in [0.25, 0.3) is 10.1 Å². The van der Waals surface area contributed by atoms with Gasteiger partial charge in [0.25, 0.3) is 5.91 Å². The molecule has 0 saturated heterocycles. The van der Waals surface area contributed by atoms with Crippen LogP contribution >= 0.6 is 11.3 Å². The zero-order valence-corrected chi connectivity index (χ0v) is 13.0. The van der Waals surface area contributed by atoms with Crippen molar-refractivity contribution < 1.29 is 9.53 Å². The fourth-order valence-electron chi connectivity index (χ4n) is 2.89. The quantitative estimate of drug-likeness (QED) is 0.911. The molecule has 5 heteroatoms. The van der Waals surface area contributed by atoms with Gasteiger partial charge in [0.2, 0.25) is 0 Å². The van der Waals surface area contributed by atoms with Crippen molar-refractivity contribution in [1.29, 1.82) is 0 Å². The number of anilines is 1. The zero-order chi connectivity index (χ0) is 14.8. The number of fused-ring (bicyclic) bond motifs is 1. The van der Waals surface area contributed by atoms with E-state index in [0.717, 1.165) is 28.7 Å². The van der Waals surface area contributed by atoms with Crippen molar-refractivity contribution in [1.82, 2.24) is 5.32 Å². The second kappa shape index (κ2) is 5.93. The van der Waals surface area contributed by atoms with Gasteiger partial charge in [0.05, 0.1) is 12.8 Å². The molecule has 0 unspecified atom stereocenters. The van der Waals surface area contributed by atoms with Gasteiger partial charge in [0.1, 0.15) is 10.6 Å². The summed E-state index contributed by atoms with van der Waals surface area (Å²) >= 11 is 1.43. The van der Waals surface area contributed by atoms with Gasteiger partial charge in [0.15, 0.2) is 0 Å². The summed E-state index contributed by atoms with van der Waals surface area (Å²) in [4.78, 5) is 13.1. The topological polar surface area (TPSA) is 64.3 Å². The second-order valence-electron chi connectivity index (χ2n) is 5.52. The zero-order valence-electron chi connectivity index (χ0n) is 12.1. The lowest BCUT2D eigenvalue weighted by atomic mass is 9.95. The van der Waals surface area contributed by atoms with E-state index in [1.54, 1.807) is 7.11 Å². The summed E-state index contributed by atoms with van der Waals surface area (Å²) in [5.41, 5.74) is 6.72. The largest absolute Gasteiger partial charge is 0.497 e. The molecule has 21 heavy (non-hydrogen) atoms. The number of hydrogen-bond donors (Lipinski definition) is 2. The standard InChI is InChI=1S/C16H20N2O2S/c1-20-11-7-8-12-13(9-11)21-15(14(12)17)16(19)18-10-5-3-2-4-6-10/h7-10H,2-6,17H2,1H3,(H,18,19). The van der Waals surface area contributed by atoms with E-state index in [-0.39, 0.29) is 5.91 Å². The van der Waals surface area contributed by atoms with E-state index in [9.17, 15) is 4.79 Å². The van der Waals surface area contributed by atoms with E-state index in [2.05, 4.69) is 5.32 Å². The Morgan fingerprint density at radius 3 is 2.81 bits per heavy atom. The molecule has 1 aromatic heterocycles. The molecule has 4 nitrogen and oxygen atoms in total. The Bertz CT molecular complexity index is 660. The van der Waals surface area contributed by atoms with Crippen molar-refractivity contribution in [2.24, 2.45) is 0 Å². The lowest BCUT2D eigenvalue weighted by molar-refractivity contribution is 0.0932. The fourth-order valence-corrected chi connectivity index (χ4v) is 3.94. The predicted octanol–water partition coefficient (Wildman–Crippen LogP) is 3.55. The van der Waals surface area contributed by atoms with Crippen LogP contribution in [0.15, 0.2) is 18.2 Å². The fraction of sp³-hybridized carbons (Fsp3) is 0.438. The van der Waals surface area contributed by atoms with Crippen LogP contribution in [-0.2, 0) is 0 Å². The number of nitrogen functional groups attached to an aromatic ring is 1. The third-order valence-corrected chi connectivity index (χ3v) is 5.25. The van der Waals surface area contributed by atoms with E-state index in [4.69, 9.17) is 10.5 Å². The van der Waals surface area contributed by atoms with E-state index >= 15 is 0 Å². The number of nitrogens with one attached hydrogen (secondary N) is 1. The summed E-state index contributed by atoms with van der Waals surface area (Å²) in [6.07, 6.45) is 5.82. The molecule has 112 valence electrons. The molecule has 1 heterocycles. The van der Waals surface area contributed by atoms with Crippen molar-refractivity contribution in [2.75, 3.05) is 12.8 Å². The maximum atomic E-state index is 12.4. The van der Waals surface area contributed by atoms with E-state index in [1.165, 1.54) is 30.6 Å². The minimum absolute atomic E-state index is 0.0421. The monoisotopic (exact) mass is 304 g/mol. The Hall–Kier alpha value is -1.75. The van der Waals surface area contributed by atoms with Crippen molar-refractivity contribution in [2.45, 2.75) is 38.1 Å². The van der Waals surface area contributed by atoms with Gasteiger partial charge in [-0.1, -0.05) is 19.3 Å². The third-order valence-electron chi connectivity index (χ3n) is 4.08. The van der Waals surface area contributed by atoms with Gasteiger partial charge in [-0.2, -0.15) is 0 Å². The van der Waals surface area contributed by atoms with Crippen LogP contribution < -0.4 is 15.8 Å². The molecule has 0 atom stereocenters. The van der Waals surface area contributed by atoms with Crippen LogP contribution in [0.5, 0.6) is 5.75 Å². The molecule has 3 N–H and O–H groups in total. The number of rotatable bonds is 3. The number of nitrogens with two attached hydrogens (primary N) is 1. The average molecular weight is 304 g/mol. The first kappa shape index (κ1) is 14.2. The number of carbonyl (C=O) groups excluding carboxylic acids is 1. The first-order chi connectivity index (χ1) is 10.2. The molecule has 1 aliphatic rings. The number of thiophene rings is 1. The minimum atomic E-state index is -0.0421. The number of hydrogen-bond acceptors (Lipinski definition) is 4. The van der Waals surface area contributed by atoms with E-state index < -0.39 is 0 Å². The van der Waals surface area contributed by atoms with Crippen LogP contribution in [0.2, 0.25) is 0 Å². The molecule has 1 aromatic carbocycles. The summed E-state index contributed by atoms with van der Waals surface area (Å²) in [5.74, 6) is 0.738. The number of amides is 1. The lowest BCUT2D eigenvalue weighted by Crippen LogP contribution is -2.36. The smallest absolute Gasteiger partial charge is 0.263 e. The maximum absolute atomic E-state index is 12.4. The van der Waals surface area contributed by atoms with Gasteiger partial charge >= 0.3 is 0 Å². The van der Waals surface area contributed by atoms with Gasteiger partial charge < -0.3 is 15.8 Å². The van der Waals surface area contributed by atoms with Gasteiger partial charge in [0, 0.05) is 16.1 Å². The van der Waals surface area contributed by atoms with Crippen LogP contribution in [0, 0.1) is 0 Å². The average Bonchev–Trinajstić information content (AvgIpc) is 2.85. The van der Waals surface area contributed by atoms with Crippen molar-refractivity contribution in [3.05, 3.63) is 23.1 Å². The molecule has 1 fully saturated rings. The minimum Gasteiger partial charge on any atom is -0.497 e. The molecule has 0 bridgehead atoms. The molecule has 1 aliphatic carbocycles. The highest BCUT2D eigenvalue weighted by atomic mass is 32.1. The highest BCUT2D eigenvalue weighted by Gasteiger charge is 2.21. The highest BCUT2D eigenvalue weighted by Crippen LogP contribution is 2.36. The Morgan fingerprint density at radius 2 is 2.10 bits per heavy atom. The van der Waals surface area contributed by atoms with Crippen molar-refractivity contribution in [3.63, 3.8) is 0 Å². The lowest BCUT2D eigenvalue weighted by Gasteiger charge is -2.22. The Labute approximate surface area is 128 Å². The molecular formula is C16H20N2O2S. The van der Waals surface area contributed by atoms with Gasteiger partial charge in [-0.25, -0.2) is 0 Å². The van der Waals surface area contributed by atoms with Crippen LogP contribution in [0.4, 0.5) is 5.69 Å². The number of benzene rings is 1. The molecule has 2 aromatic rings. The van der Waals surface area contributed by atoms with Crippen molar-refractivity contribution >= 4 is 33.0 Å². The second-order valence-corrected chi connectivity index (χ2v) is 6.57. The number of carbonyl (C=O) groups is 1. The van der Waals surface area contributed by atoms with Crippen molar-refractivity contribution in [3.8, 4) is 5.75 Å². The van der Waals surface area contributed by atoms with Gasteiger partial charge in [-0.15, -0.1) is 11.3 Å². The summed E-state index contributed by atoms with van der Waals surface area (Å²) in [6, 6.07) is 6.00. The van der Waals surface area contributed by atoms with E-state index in [1.807, 2.05) is 18.2 Å². The van der Waals surface area contributed by atoms with Crippen LogP contribution in [0.1, 0.15) is 41.8 Å². The van der Waals surface area contributed by atoms with Crippen LogP contribution in [0.3, 0.4) is 0 Å². The first-order valence-corrected chi connectivity index (χ1v) is 8.17. The molecule has 1 saturated carbocycles. The number of methoxy groups -OCH3 is 1. The molecular weight excluding hydrogens is 284 g/mol. The number of ether oxygens (including phenoxy) is 1. The predicted molar refractivity (Wildman–Crippen MR) is 87.1 cm³/mol. The Morgan fingerprint density at radius 1 is 1.33 bits per heavy atom. The molecule has 0 aliphatic heterocycles. The molecule has 0 spiro atoms. The molecule has 0 radical (unpaired) electrons. The highest BCUT2D eigenvalue weighted by molar-refractivity contribution is 7.21. The van der Waals surface area contributed by atoms with E-state index in [0.29, 0.717) is 16.6 Å². The van der Waals surface area contributed by atoms with Crippen LogP contribution in [-0.4, -0.2) is 19.1 Å².